The average Bonchev–Trinajstić information content (AvgIpc) is 2.30. The van der Waals surface area contributed by atoms with Gasteiger partial charge in [-0.1, -0.05) is 11.9 Å². The van der Waals surface area contributed by atoms with E-state index in [1.165, 1.54) is 51.9 Å². The van der Waals surface area contributed by atoms with Gasteiger partial charge in [-0.3, -0.25) is 4.31 Å². The smallest absolute Gasteiger partial charge is 0.00919 e. The van der Waals surface area contributed by atoms with Gasteiger partial charge in [0.25, 0.3) is 0 Å². The summed E-state index contributed by atoms with van der Waals surface area (Å²) in [5.41, 5.74) is 0. The van der Waals surface area contributed by atoms with Crippen molar-refractivity contribution in [2.45, 2.75) is 25.7 Å². The Labute approximate surface area is 98.5 Å². The van der Waals surface area contributed by atoms with Crippen LogP contribution < -0.4 is 0 Å². The summed E-state index contributed by atoms with van der Waals surface area (Å²) in [6.45, 7) is 5.29. The topological polar surface area (TPSA) is 6.48 Å². The third-order valence-corrected chi connectivity index (χ3v) is 5.07. The summed E-state index contributed by atoms with van der Waals surface area (Å²) in [4.78, 5) is 2.48. The lowest BCUT2D eigenvalue weighted by atomic mass is 9.79. The van der Waals surface area contributed by atoms with Gasteiger partial charge in [0, 0.05) is 13.1 Å². The molecule has 0 aromatic rings. The first kappa shape index (κ1) is 11.7. The summed E-state index contributed by atoms with van der Waals surface area (Å²) in [6.07, 6.45) is 7.97. The fourth-order valence-electron chi connectivity index (χ4n) is 3.03. The van der Waals surface area contributed by atoms with Crippen molar-refractivity contribution in [1.82, 2.24) is 9.21 Å². The van der Waals surface area contributed by atoms with Crippen LogP contribution in [0.25, 0.3) is 0 Å². The van der Waals surface area contributed by atoms with Gasteiger partial charge in [0.1, 0.15) is 0 Å². The molecule has 0 N–H and O–H groups in total. The molecule has 0 aliphatic carbocycles. The lowest BCUT2D eigenvalue weighted by molar-refractivity contribution is 0.135. The van der Waals surface area contributed by atoms with Gasteiger partial charge in [0.05, 0.1) is 0 Å². The zero-order valence-electron chi connectivity index (χ0n) is 10.1. The van der Waals surface area contributed by atoms with Gasteiger partial charge >= 0.3 is 0 Å². The van der Waals surface area contributed by atoms with E-state index in [1.54, 1.807) is 0 Å². The van der Waals surface area contributed by atoms with E-state index >= 15 is 0 Å². The molecule has 0 unspecified atom stereocenters. The second-order valence-corrected chi connectivity index (χ2v) is 5.97. The molecule has 0 aromatic carbocycles. The fourth-order valence-corrected chi connectivity index (χ4v) is 3.61. The van der Waals surface area contributed by atoms with Gasteiger partial charge in [-0.2, -0.15) is 0 Å². The number of rotatable bonds is 2. The van der Waals surface area contributed by atoms with Crippen LogP contribution in [-0.4, -0.2) is 48.7 Å². The molecule has 2 saturated heterocycles. The third kappa shape index (κ3) is 3.11. The lowest BCUT2D eigenvalue weighted by Gasteiger charge is -2.38. The minimum atomic E-state index is 1.03. The fraction of sp³-hybridized carbons (Fsp3) is 1.00. The molecule has 0 bridgehead atoms. The molecule has 2 rings (SSSR count). The highest BCUT2D eigenvalue weighted by Gasteiger charge is 2.28. The number of hydrogen-bond acceptors (Lipinski definition) is 3. The van der Waals surface area contributed by atoms with Gasteiger partial charge in [0.15, 0.2) is 0 Å². The van der Waals surface area contributed by atoms with Crippen molar-refractivity contribution >= 4 is 11.9 Å². The van der Waals surface area contributed by atoms with E-state index in [0.29, 0.717) is 0 Å². The molecule has 0 saturated carbocycles. The summed E-state index contributed by atoms with van der Waals surface area (Å²) in [5.74, 6) is 2.06. The molecule has 0 aromatic heterocycles. The quantitative estimate of drug-likeness (QED) is 0.670. The molecule has 2 aliphatic rings. The monoisotopic (exact) mass is 228 g/mol. The maximum absolute atomic E-state index is 2.52. The first-order valence-electron chi connectivity index (χ1n) is 6.27. The van der Waals surface area contributed by atoms with E-state index in [4.69, 9.17) is 0 Å². The summed E-state index contributed by atoms with van der Waals surface area (Å²) in [5, 5.41) is 0. The first-order chi connectivity index (χ1) is 7.29. The van der Waals surface area contributed by atoms with Crippen molar-refractivity contribution in [3.8, 4) is 0 Å². The molecular weight excluding hydrogens is 204 g/mol. The highest BCUT2D eigenvalue weighted by atomic mass is 32.2. The molecule has 15 heavy (non-hydrogen) atoms. The van der Waals surface area contributed by atoms with Crippen LogP contribution in [0.15, 0.2) is 0 Å². The van der Waals surface area contributed by atoms with Gasteiger partial charge in [-0.05, 0) is 63.9 Å². The largest absolute Gasteiger partial charge is 0.306 e. The Morgan fingerprint density at radius 1 is 0.867 bits per heavy atom. The van der Waals surface area contributed by atoms with Gasteiger partial charge in [-0.25, -0.2) is 0 Å². The molecule has 2 nitrogen and oxygen atoms in total. The van der Waals surface area contributed by atoms with E-state index in [2.05, 4.69) is 22.5 Å². The van der Waals surface area contributed by atoms with Crippen molar-refractivity contribution in [3.05, 3.63) is 0 Å². The van der Waals surface area contributed by atoms with Gasteiger partial charge < -0.3 is 4.90 Å². The maximum Gasteiger partial charge on any atom is 0.00919 e. The van der Waals surface area contributed by atoms with Crippen molar-refractivity contribution < 1.29 is 0 Å². The minimum absolute atomic E-state index is 1.03. The third-order valence-electron chi connectivity index (χ3n) is 4.19. The molecule has 2 heterocycles. The zero-order chi connectivity index (χ0) is 10.7. The highest BCUT2D eigenvalue weighted by molar-refractivity contribution is 7.96. The maximum atomic E-state index is 2.52. The normalized spacial score (nSPS) is 28.4. The van der Waals surface area contributed by atoms with Crippen LogP contribution in [0.2, 0.25) is 0 Å². The van der Waals surface area contributed by atoms with Gasteiger partial charge in [-0.15, -0.1) is 0 Å². The molecule has 0 amide bonds. The molecule has 0 radical (unpaired) electrons. The number of piperidine rings is 2. The van der Waals surface area contributed by atoms with E-state index in [0.717, 1.165) is 11.8 Å². The Kier molecular flexibility index (Phi) is 4.35. The number of likely N-dealkylation sites (tertiary alicyclic amines) is 1. The van der Waals surface area contributed by atoms with Crippen molar-refractivity contribution in [2.24, 2.45) is 11.8 Å². The standard InChI is InChI=1S/C12H24N2S/c1-13-7-3-11(4-8-13)12-5-9-14(15-2)10-6-12/h11-12H,3-10H2,1-2H3. The van der Waals surface area contributed by atoms with Crippen molar-refractivity contribution in [3.63, 3.8) is 0 Å². The molecule has 0 atom stereocenters. The molecule has 0 spiro atoms. The zero-order valence-corrected chi connectivity index (χ0v) is 10.9. The summed E-state index contributed by atoms with van der Waals surface area (Å²) in [6, 6.07) is 0. The van der Waals surface area contributed by atoms with Crippen LogP contribution in [0.5, 0.6) is 0 Å². The number of hydrogen-bond donors (Lipinski definition) is 0. The molecule has 2 fully saturated rings. The second-order valence-electron chi connectivity index (χ2n) is 5.09. The predicted molar refractivity (Wildman–Crippen MR) is 68.0 cm³/mol. The van der Waals surface area contributed by atoms with Crippen LogP contribution >= 0.6 is 11.9 Å². The summed E-state index contributed by atoms with van der Waals surface area (Å²) >= 11 is 1.92. The second kappa shape index (κ2) is 5.55. The van der Waals surface area contributed by atoms with E-state index < -0.39 is 0 Å². The molecular formula is C12H24N2S. The van der Waals surface area contributed by atoms with Crippen molar-refractivity contribution in [1.29, 1.82) is 0 Å². The minimum Gasteiger partial charge on any atom is -0.306 e. The van der Waals surface area contributed by atoms with Crippen LogP contribution in [0.4, 0.5) is 0 Å². The average molecular weight is 228 g/mol. The molecule has 88 valence electrons. The van der Waals surface area contributed by atoms with Gasteiger partial charge in [0.2, 0.25) is 0 Å². The van der Waals surface area contributed by atoms with Crippen LogP contribution in [-0.2, 0) is 0 Å². The Balaban J connectivity index is 1.75. The highest BCUT2D eigenvalue weighted by Crippen LogP contribution is 2.33. The summed E-state index contributed by atoms with van der Waals surface area (Å²) < 4.78 is 2.52. The number of nitrogens with zero attached hydrogens (tertiary/aromatic N) is 2. The van der Waals surface area contributed by atoms with E-state index in [-0.39, 0.29) is 0 Å². The van der Waals surface area contributed by atoms with Crippen molar-refractivity contribution in [2.75, 3.05) is 39.5 Å². The van der Waals surface area contributed by atoms with Crippen LogP contribution in [0.1, 0.15) is 25.7 Å². The Bertz CT molecular complexity index is 182. The Hall–Kier alpha value is 0.270. The van der Waals surface area contributed by atoms with Crippen LogP contribution in [0.3, 0.4) is 0 Å². The van der Waals surface area contributed by atoms with E-state index in [9.17, 15) is 0 Å². The summed E-state index contributed by atoms with van der Waals surface area (Å²) in [7, 11) is 2.26. The molecule has 3 heteroatoms. The predicted octanol–water partition coefficient (Wildman–Crippen LogP) is 2.32. The first-order valence-corrected chi connectivity index (χ1v) is 7.45. The SMILES string of the molecule is CSN1CCC(C2CCN(C)CC2)CC1. The van der Waals surface area contributed by atoms with E-state index in [1.807, 2.05) is 11.9 Å². The van der Waals surface area contributed by atoms with Crippen LogP contribution in [0, 0.1) is 11.8 Å². The Morgan fingerprint density at radius 2 is 1.33 bits per heavy atom. The molecule has 2 aliphatic heterocycles. The Morgan fingerprint density at radius 3 is 1.80 bits per heavy atom. The lowest BCUT2D eigenvalue weighted by Crippen LogP contribution is -2.37.